The smallest absolute Gasteiger partial charge is 0.379 e. The monoisotopic (exact) mass is 357 g/mol. The van der Waals surface area contributed by atoms with Crippen LogP contribution in [0.15, 0.2) is 24.3 Å². The minimum atomic E-state index is -4.36. The van der Waals surface area contributed by atoms with Crippen LogP contribution < -0.4 is 0 Å². The van der Waals surface area contributed by atoms with E-state index in [1.807, 2.05) is 0 Å². The van der Waals surface area contributed by atoms with E-state index in [2.05, 4.69) is 4.90 Å². The average molecular weight is 357 g/mol. The van der Waals surface area contributed by atoms with Crippen molar-refractivity contribution in [3.63, 3.8) is 0 Å². The lowest BCUT2D eigenvalue weighted by Gasteiger charge is -2.42. The summed E-state index contributed by atoms with van der Waals surface area (Å²) in [6, 6.07) is 6.01. The highest BCUT2D eigenvalue weighted by Crippen LogP contribution is 2.37. The van der Waals surface area contributed by atoms with Crippen molar-refractivity contribution in [2.45, 2.75) is 57.0 Å². The van der Waals surface area contributed by atoms with Crippen molar-refractivity contribution in [3.8, 4) is 0 Å². The molecule has 1 aliphatic heterocycles. The standard InChI is InChI=1S/C19H26F3NO2/c1-14(15-6-2-3-7-16(15)19(20,21)22)25-18-9-5-4-8-17(18)23-10-12-24-13-11-23/h2-3,6-7,14,17-18H,4-5,8-13H2,1H3/t14-,17-,18-/m0/s1. The summed E-state index contributed by atoms with van der Waals surface area (Å²) in [5.41, 5.74) is -0.373. The molecule has 2 fully saturated rings. The molecule has 0 spiro atoms. The average Bonchev–Trinajstić information content (AvgIpc) is 2.62. The molecule has 1 aromatic rings. The first-order valence-corrected chi connectivity index (χ1v) is 9.10. The lowest BCUT2D eigenvalue weighted by Crippen LogP contribution is -2.51. The normalized spacial score (nSPS) is 27.2. The molecule has 3 nitrogen and oxygen atoms in total. The Hall–Kier alpha value is -1.11. The van der Waals surface area contributed by atoms with Gasteiger partial charge in [-0.3, -0.25) is 4.90 Å². The van der Waals surface area contributed by atoms with E-state index in [-0.39, 0.29) is 17.7 Å². The third-order valence-corrected chi connectivity index (χ3v) is 5.27. The molecule has 1 heterocycles. The Morgan fingerprint density at radius 1 is 1.12 bits per heavy atom. The van der Waals surface area contributed by atoms with Crippen LogP contribution in [-0.2, 0) is 15.7 Å². The van der Waals surface area contributed by atoms with Gasteiger partial charge in [-0.1, -0.05) is 31.0 Å². The number of rotatable bonds is 4. The van der Waals surface area contributed by atoms with Crippen LogP contribution in [0.1, 0.15) is 49.8 Å². The van der Waals surface area contributed by atoms with Gasteiger partial charge in [0.15, 0.2) is 0 Å². The summed E-state index contributed by atoms with van der Waals surface area (Å²) in [4.78, 5) is 2.38. The molecule has 140 valence electrons. The quantitative estimate of drug-likeness (QED) is 0.796. The molecule has 3 rings (SSSR count). The maximum Gasteiger partial charge on any atom is 0.416 e. The van der Waals surface area contributed by atoms with Crippen LogP contribution in [0.3, 0.4) is 0 Å². The Bertz CT molecular complexity index is 558. The van der Waals surface area contributed by atoms with Gasteiger partial charge in [-0.15, -0.1) is 0 Å². The van der Waals surface area contributed by atoms with Crippen molar-refractivity contribution >= 4 is 0 Å². The molecule has 1 saturated heterocycles. The number of halogens is 3. The van der Waals surface area contributed by atoms with Crippen LogP contribution in [0.5, 0.6) is 0 Å². The molecule has 6 heteroatoms. The van der Waals surface area contributed by atoms with Crippen molar-refractivity contribution in [2.75, 3.05) is 26.3 Å². The lowest BCUT2D eigenvalue weighted by atomic mass is 9.90. The predicted molar refractivity (Wildman–Crippen MR) is 89.4 cm³/mol. The molecule has 0 unspecified atom stereocenters. The van der Waals surface area contributed by atoms with Crippen LogP contribution in [0, 0.1) is 0 Å². The Morgan fingerprint density at radius 3 is 2.52 bits per heavy atom. The second kappa shape index (κ2) is 8.06. The fourth-order valence-corrected chi connectivity index (χ4v) is 4.01. The second-order valence-corrected chi connectivity index (χ2v) is 6.90. The van der Waals surface area contributed by atoms with Crippen molar-refractivity contribution in [1.29, 1.82) is 0 Å². The van der Waals surface area contributed by atoms with Gasteiger partial charge in [0.25, 0.3) is 0 Å². The summed E-state index contributed by atoms with van der Waals surface area (Å²) in [6.07, 6.45) is -0.801. The number of ether oxygens (including phenoxy) is 2. The first-order chi connectivity index (χ1) is 12.0. The first kappa shape index (κ1) is 18.7. The molecule has 0 radical (unpaired) electrons. The number of hydrogen-bond acceptors (Lipinski definition) is 3. The van der Waals surface area contributed by atoms with E-state index >= 15 is 0 Å². The predicted octanol–water partition coefficient (Wildman–Crippen LogP) is 4.43. The van der Waals surface area contributed by atoms with Gasteiger partial charge in [-0.05, 0) is 31.4 Å². The van der Waals surface area contributed by atoms with Gasteiger partial charge in [0.05, 0.1) is 31.0 Å². The summed E-state index contributed by atoms with van der Waals surface area (Å²) in [5, 5.41) is 0. The second-order valence-electron chi connectivity index (χ2n) is 6.90. The molecule has 1 aromatic carbocycles. The van der Waals surface area contributed by atoms with E-state index in [1.165, 1.54) is 12.1 Å². The number of hydrogen-bond donors (Lipinski definition) is 0. The zero-order valence-electron chi connectivity index (χ0n) is 14.6. The van der Waals surface area contributed by atoms with Crippen molar-refractivity contribution in [2.24, 2.45) is 0 Å². The maximum atomic E-state index is 13.3. The van der Waals surface area contributed by atoms with E-state index in [9.17, 15) is 13.2 Å². The Kier molecular flexibility index (Phi) is 6.02. The summed E-state index contributed by atoms with van der Waals surface area (Å²) >= 11 is 0. The molecule has 2 aliphatic rings. The van der Waals surface area contributed by atoms with Gasteiger partial charge in [-0.2, -0.15) is 13.2 Å². The third-order valence-electron chi connectivity index (χ3n) is 5.27. The summed E-state index contributed by atoms with van der Waals surface area (Å²) in [5.74, 6) is 0. The zero-order chi connectivity index (χ0) is 17.9. The minimum absolute atomic E-state index is 0.0249. The number of nitrogens with zero attached hydrogens (tertiary/aromatic N) is 1. The van der Waals surface area contributed by atoms with E-state index in [0.29, 0.717) is 0 Å². The third kappa shape index (κ3) is 4.54. The van der Waals surface area contributed by atoms with Crippen LogP contribution in [0.25, 0.3) is 0 Å². The minimum Gasteiger partial charge on any atom is -0.379 e. The van der Waals surface area contributed by atoms with Crippen molar-refractivity contribution in [1.82, 2.24) is 4.90 Å². The Morgan fingerprint density at radius 2 is 1.80 bits per heavy atom. The molecular formula is C19H26F3NO2. The lowest BCUT2D eigenvalue weighted by molar-refractivity contribution is -0.141. The van der Waals surface area contributed by atoms with E-state index in [1.54, 1.807) is 13.0 Å². The highest BCUT2D eigenvalue weighted by Gasteiger charge is 2.37. The highest BCUT2D eigenvalue weighted by molar-refractivity contribution is 5.31. The van der Waals surface area contributed by atoms with Gasteiger partial charge in [0, 0.05) is 19.1 Å². The first-order valence-electron chi connectivity index (χ1n) is 9.10. The summed E-state index contributed by atoms with van der Waals surface area (Å²) < 4.78 is 51.4. The van der Waals surface area contributed by atoms with Gasteiger partial charge < -0.3 is 9.47 Å². The van der Waals surface area contributed by atoms with E-state index in [0.717, 1.165) is 58.1 Å². The largest absolute Gasteiger partial charge is 0.416 e. The van der Waals surface area contributed by atoms with Gasteiger partial charge >= 0.3 is 6.18 Å². The topological polar surface area (TPSA) is 21.7 Å². The Balaban J connectivity index is 1.73. The molecule has 0 bridgehead atoms. The summed E-state index contributed by atoms with van der Waals surface area (Å²) in [7, 11) is 0. The Labute approximate surface area is 147 Å². The summed E-state index contributed by atoms with van der Waals surface area (Å²) in [6.45, 7) is 4.91. The molecule has 25 heavy (non-hydrogen) atoms. The van der Waals surface area contributed by atoms with Gasteiger partial charge in [0.2, 0.25) is 0 Å². The number of alkyl halides is 3. The fourth-order valence-electron chi connectivity index (χ4n) is 4.01. The van der Waals surface area contributed by atoms with Gasteiger partial charge in [-0.25, -0.2) is 0 Å². The SMILES string of the molecule is C[C@H](O[C@H]1CCCC[C@@H]1N1CCOCC1)c1ccccc1C(F)(F)F. The highest BCUT2D eigenvalue weighted by atomic mass is 19.4. The fraction of sp³-hybridized carbons (Fsp3) is 0.684. The van der Waals surface area contributed by atoms with Crippen LogP contribution in [-0.4, -0.2) is 43.3 Å². The zero-order valence-corrected chi connectivity index (χ0v) is 14.6. The molecule has 1 saturated carbocycles. The van der Waals surface area contributed by atoms with Crippen molar-refractivity contribution < 1.29 is 22.6 Å². The molecule has 0 aromatic heterocycles. The van der Waals surface area contributed by atoms with E-state index in [4.69, 9.17) is 9.47 Å². The molecular weight excluding hydrogens is 331 g/mol. The molecule has 3 atom stereocenters. The maximum absolute atomic E-state index is 13.3. The molecule has 1 aliphatic carbocycles. The molecule has 0 amide bonds. The molecule has 0 N–H and O–H groups in total. The van der Waals surface area contributed by atoms with Crippen LogP contribution >= 0.6 is 0 Å². The number of morpholine rings is 1. The van der Waals surface area contributed by atoms with Crippen LogP contribution in [0.4, 0.5) is 13.2 Å². The van der Waals surface area contributed by atoms with Crippen LogP contribution in [0.2, 0.25) is 0 Å². The number of benzene rings is 1. The van der Waals surface area contributed by atoms with E-state index < -0.39 is 17.8 Å². The van der Waals surface area contributed by atoms with Crippen molar-refractivity contribution in [3.05, 3.63) is 35.4 Å². The van der Waals surface area contributed by atoms with Gasteiger partial charge in [0.1, 0.15) is 0 Å².